The standard InChI is InChI=1S/C38H31NO5/c1-4-37(40)43-35-18-10-29(11-19-35)26-28-8-14-31(15-9-28)39(30-12-6-27(3)7-13-30)32-16-20-33(21-17-32)42-34-22-24-36(25-23-34)44-38(41)5-2/h4-25H,1-2,26H2,3H3. The molecule has 5 rings (SSSR count). The second-order valence-electron chi connectivity index (χ2n) is 9.98. The van der Waals surface area contributed by atoms with Crippen LogP contribution in [0.1, 0.15) is 16.7 Å². The number of aryl methyl sites for hydroxylation is 1. The van der Waals surface area contributed by atoms with Crippen molar-refractivity contribution in [2.75, 3.05) is 4.90 Å². The molecule has 0 saturated carbocycles. The molecule has 0 saturated heterocycles. The van der Waals surface area contributed by atoms with E-state index < -0.39 is 11.9 Å². The Morgan fingerprint density at radius 3 is 1.34 bits per heavy atom. The summed E-state index contributed by atoms with van der Waals surface area (Å²) < 4.78 is 16.3. The van der Waals surface area contributed by atoms with Crippen LogP contribution in [0, 0.1) is 6.92 Å². The summed E-state index contributed by atoms with van der Waals surface area (Å²) in [5.41, 5.74) is 6.47. The summed E-state index contributed by atoms with van der Waals surface area (Å²) in [6.07, 6.45) is 3.00. The minimum absolute atomic E-state index is 0.418. The van der Waals surface area contributed by atoms with Crippen molar-refractivity contribution >= 4 is 29.0 Å². The van der Waals surface area contributed by atoms with Crippen LogP contribution in [0.4, 0.5) is 17.1 Å². The molecule has 0 radical (unpaired) electrons. The predicted octanol–water partition coefficient (Wildman–Crippen LogP) is 9.03. The molecule has 218 valence electrons. The molecule has 0 fully saturated rings. The van der Waals surface area contributed by atoms with E-state index in [0.29, 0.717) is 23.0 Å². The van der Waals surface area contributed by atoms with Crippen LogP contribution in [-0.4, -0.2) is 11.9 Å². The van der Waals surface area contributed by atoms with Crippen LogP contribution in [0.15, 0.2) is 147 Å². The van der Waals surface area contributed by atoms with E-state index in [1.807, 2.05) is 36.4 Å². The third kappa shape index (κ3) is 7.69. The number of rotatable bonds is 11. The van der Waals surface area contributed by atoms with Crippen molar-refractivity contribution in [1.29, 1.82) is 0 Å². The van der Waals surface area contributed by atoms with E-state index in [1.54, 1.807) is 36.4 Å². The minimum Gasteiger partial charge on any atom is -0.457 e. The molecule has 6 nitrogen and oxygen atoms in total. The number of carbonyl (C=O) groups excluding carboxylic acids is 2. The molecule has 0 heterocycles. The van der Waals surface area contributed by atoms with Gasteiger partial charge in [0.05, 0.1) is 0 Å². The summed E-state index contributed by atoms with van der Waals surface area (Å²) in [5, 5.41) is 0. The van der Waals surface area contributed by atoms with Crippen molar-refractivity contribution in [3.63, 3.8) is 0 Å². The van der Waals surface area contributed by atoms with Gasteiger partial charge in [-0.05, 0) is 109 Å². The highest BCUT2D eigenvalue weighted by Crippen LogP contribution is 2.36. The van der Waals surface area contributed by atoms with Gasteiger partial charge < -0.3 is 19.1 Å². The SMILES string of the molecule is C=CC(=O)Oc1ccc(Cc2ccc(N(c3ccc(C)cc3)c3ccc(Oc4ccc(OC(=O)C=C)cc4)cc3)cc2)cc1. The summed E-state index contributed by atoms with van der Waals surface area (Å²) >= 11 is 0. The Labute approximate surface area is 257 Å². The van der Waals surface area contributed by atoms with Gasteiger partial charge in [-0.3, -0.25) is 0 Å². The van der Waals surface area contributed by atoms with E-state index >= 15 is 0 Å². The monoisotopic (exact) mass is 581 g/mol. The Morgan fingerprint density at radius 2 is 0.886 bits per heavy atom. The maximum Gasteiger partial charge on any atom is 0.335 e. The van der Waals surface area contributed by atoms with Gasteiger partial charge in [-0.15, -0.1) is 0 Å². The van der Waals surface area contributed by atoms with Gasteiger partial charge in [-0.1, -0.05) is 55.1 Å². The van der Waals surface area contributed by atoms with Crippen molar-refractivity contribution in [2.45, 2.75) is 13.3 Å². The molecule has 0 spiro atoms. The molecule has 0 unspecified atom stereocenters. The van der Waals surface area contributed by atoms with E-state index in [2.05, 4.69) is 73.5 Å². The van der Waals surface area contributed by atoms with Gasteiger partial charge in [-0.2, -0.15) is 0 Å². The number of ether oxygens (including phenoxy) is 3. The van der Waals surface area contributed by atoms with Crippen molar-refractivity contribution in [3.8, 4) is 23.0 Å². The fourth-order valence-electron chi connectivity index (χ4n) is 4.51. The average Bonchev–Trinajstić information content (AvgIpc) is 3.05. The van der Waals surface area contributed by atoms with Gasteiger partial charge >= 0.3 is 11.9 Å². The first-order valence-corrected chi connectivity index (χ1v) is 14.0. The van der Waals surface area contributed by atoms with Crippen molar-refractivity contribution in [2.24, 2.45) is 0 Å². The van der Waals surface area contributed by atoms with Gasteiger partial charge in [0, 0.05) is 29.2 Å². The third-order valence-corrected chi connectivity index (χ3v) is 6.74. The van der Waals surface area contributed by atoms with Crippen LogP contribution in [0.3, 0.4) is 0 Å². The molecule has 0 aliphatic carbocycles. The Bertz CT molecular complexity index is 1630. The molecule has 0 amide bonds. The van der Waals surface area contributed by atoms with E-state index in [1.165, 1.54) is 5.56 Å². The maximum absolute atomic E-state index is 11.4. The average molecular weight is 582 g/mol. The number of anilines is 3. The molecule has 0 N–H and O–H groups in total. The lowest BCUT2D eigenvalue weighted by Crippen LogP contribution is -2.10. The smallest absolute Gasteiger partial charge is 0.335 e. The first kappa shape index (κ1) is 29.6. The quantitative estimate of drug-likeness (QED) is 0.0881. The van der Waals surface area contributed by atoms with E-state index in [0.717, 1.165) is 46.8 Å². The van der Waals surface area contributed by atoms with Gasteiger partial charge in [0.1, 0.15) is 23.0 Å². The fourth-order valence-corrected chi connectivity index (χ4v) is 4.51. The number of benzene rings is 5. The molecule has 6 heteroatoms. The zero-order valence-electron chi connectivity index (χ0n) is 24.3. The lowest BCUT2D eigenvalue weighted by molar-refractivity contribution is -0.129. The molecular formula is C38H31NO5. The first-order valence-electron chi connectivity index (χ1n) is 14.0. The van der Waals surface area contributed by atoms with Crippen molar-refractivity contribution in [1.82, 2.24) is 0 Å². The highest BCUT2D eigenvalue weighted by molar-refractivity contribution is 5.83. The third-order valence-electron chi connectivity index (χ3n) is 6.74. The van der Waals surface area contributed by atoms with Crippen LogP contribution in [0.2, 0.25) is 0 Å². The van der Waals surface area contributed by atoms with Crippen LogP contribution >= 0.6 is 0 Å². The second kappa shape index (κ2) is 13.9. The van der Waals surface area contributed by atoms with Gasteiger partial charge in [0.15, 0.2) is 0 Å². The van der Waals surface area contributed by atoms with Crippen LogP contribution < -0.4 is 19.1 Å². The number of carbonyl (C=O) groups is 2. The lowest BCUT2D eigenvalue weighted by Gasteiger charge is -2.26. The Hall–Kier alpha value is -5.88. The molecule has 5 aromatic carbocycles. The maximum atomic E-state index is 11.4. The van der Waals surface area contributed by atoms with Crippen LogP contribution in [-0.2, 0) is 16.0 Å². The van der Waals surface area contributed by atoms with Gasteiger partial charge in [-0.25, -0.2) is 9.59 Å². The molecule has 0 aliphatic rings. The highest BCUT2D eigenvalue weighted by Gasteiger charge is 2.13. The Kier molecular flexibility index (Phi) is 9.32. The Morgan fingerprint density at radius 1 is 0.545 bits per heavy atom. The number of nitrogens with zero attached hydrogens (tertiary/aromatic N) is 1. The highest BCUT2D eigenvalue weighted by atomic mass is 16.5. The summed E-state index contributed by atoms with van der Waals surface area (Å²) in [6.45, 7) is 8.90. The zero-order chi connectivity index (χ0) is 30.9. The van der Waals surface area contributed by atoms with Crippen molar-refractivity contribution < 1.29 is 23.8 Å². The van der Waals surface area contributed by atoms with E-state index in [9.17, 15) is 9.59 Å². The molecule has 44 heavy (non-hydrogen) atoms. The number of hydrogen-bond donors (Lipinski definition) is 0. The van der Waals surface area contributed by atoms with Crippen molar-refractivity contribution in [3.05, 3.63) is 163 Å². The molecular weight excluding hydrogens is 550 g/mol. The minimum atomic E-state index is -0.512. The second-order valence-corrected chi connectivity index (χ2v) is 9.98. The Balaban J connectivity index is 1.32. The van der Waals surface area contributed by atoms with E-state index in [4.69, 9.17) is 14.2 Å². The van der Waals surface area contributed by atoms with Crippen LogP contribution in [0.25, 0.3) is 0 Å². The largest absolute Gasteiger partial charge is 0.457 e. The number of esters is 2. The molecule has 5 aromatic rings. The predicted molar refractivity (Wildman–Crippen MR) is 173 cm³/mol. The summed E-state index contributed by atoms with van der Waals surface area (Å²) in [4.78, 5) is 25.0. The molecule has 0 bridgehead atoms. The molecule has 0 aromatic heterocycles. The molecule has 0 aliphatic heterocycles. The van der Waals surface area contributed by atoms with Crippen LogP contribution in [0.5, 0.6) is 23.0 Å². The lowest BCUT2D eigenvalue weighted by atomic mass is 10.0. The van der Waals surface area contributed by atoms with Gasteiger partial charge in [0.25, 0.3) is 0 Å². The normalized spacial score (nSPS) is 10.4. The zero-order valence-corrected chi connectivity index (χ0v) is 24.3. The van der Waals surface area contributed by atoms with E-state index in [-0.39, 0.29) is 0 Å². The van der Waals surface area contributed by atoms with Gasteiger partial charge in [0.2, 0.25) is 0 Å². The summed E-state index contributed by atoms with van der Waals surface area (Å²) in [7, 11) is 0. The fraction of sp³-hybridized carbons (Fsp3) is 0.0526. The summed E-state index contributed by atoms with van der Waals surface area (Å²) in [5.74, 6) is 1.21. The topological polar surface area (TPSA) is 65.1 Å². The first-order chi connectivity index (χ1) is 21.4. The summed E-state index contributed by atoms with van der Waals surface area (Å²) in [6, 6.07) is 39.1. The number of hydrogen-bond acceptors (Lipinski definition) is 6. The molecule has 0 atom stereocenters.